The Morgan fingerprint density at radius 1 is 1.13 bits per heavy atom. The third kappa shape index (κ3) is 3.96. The molecule has 3 aliphatic rings. The van der Waals surface area contributed by atoms with Gasteiger partial charge in [-0.3, -0.25) is 24.1 Å². The smallest absolute Gasteiger partial charge is 0.326 e. The zero-order valence-electron chi connectivity index (χ0n) is 16.7. The predicted octanol–water partition coefficient (Wildman–Crippen LogP) is 1.14. The molecular weight excluding hydrogens is 392 g/mol. The highest BCUT2D eigenvalue weighted by molar-refractivity contribution is 6.07. The molecular formula is C21H24N2O7. The Bertz CT molecular complexity index is 860. The molecule has 0 bridgehead atoms. The summed E-state index contributed by atoms with van der Waals surface area (Å²) in [5.74, 6) is -1.24. The molecule has 3 atom stereocenters. The number of nitrogens with one attached hydrogen (secondary N) is 1. The first-order valence-corrected chi connectivity index (χ1v) is 10.1. The number of carbonyl (C=O) groups excluding carboxylic acids is 4. The van der Waals surface area contributed by atoms with E-state index in [1.165, 1.54) is 6.92 Å². The Morgan fingerprint density at radius 2 is 1.80 bits per heavy atom. The van der Waals surface area contributed by atoms with E-state index in [0.717, 1.165) is 23.3 Å². The molecule has 1 N–H and O–H groups in total. The molecule has 1 aliphatic carbocycles. The fourth-order valence-electron chi connectivity index (χ4n) is 4.19. The minimum Gasteiger partial charge on any atom is -0.454 e. The second kappa shape index (κ2) is 8.33. The molecule has 1 saturated heterocycles. The standard InChI is InChI=1S/C21H24N2O7/c1-12(19(25)22-9-13-6-7-16-17(8-13)29-11-28-16)30-18(24)10-23-20(26)14-4-2-3-5-15(14)21(23)27/h6-8,12,14-15H,2-5,9-11H2,1H3,(H,22,25)/t12-,14-,15-/m0/s1. The van der Waals surface area contributed by atoms with Gasteiger partial charge in [0.2, 0.25) is 18.6 Å². The Labute approximate surface area is 173 Å². The lowest BCUT2D eigenvalue weighted by atomic mass is 9.81. The first kappa shape index (κ1) is 20.2. The molecule has 4 rings (SSSR count). The number of hydrogen-bond acceptors (Lipinski definition) is 7. The second-order valence-electron chi connectivity index (χ2n) is 7.80. The minimum absolute atomic E-state index is 0.168. The number of ether oxygens (including phenoxy) is 3. The first-order chi connectivity index (χ1) is 14.4. The van der Waals surface area contributed by atoms with Crippen molar-refractivity contribution in [3.05, 3.63) is 23.8 Å². The Hall–Kier alpha value is -3.10. The van der Waals surface area contributed by atoms with Crippen LogP contribution < -0.4 is 14.8 Å². The molecule has 9 heteroatoms. The van der Waals surface area contributed by atoms with Gasteiger partial charge in [0, 0.05) is 6.54 Å². The molecule has 1 aromatic carbocycles. The lowest BCUT2D eigenvalue weighted by molar-refractivity contribution is -0.159. The summed E-state index contributed by atoms with van der Waals surface area (Å²) in [7, 11) is 0. The van der Waals surface area contributed by atoms with Crippen molar-refractivity contribution in [3.8, 4) is 11.5 Å². The van der Waals surface area contributed by atoms with Crippen molar-refractivity contribution in [2.75, 3.05) is 13.3 Å². The van der Waals surface area contributed by atoms with E-state index in [2.05, 4.69) is 5.32 Å². The van der Waals surface area contributed by atoms with Gasteiger partial charge in [0.1, 0.15) is 6.54 Å². The van der Waals surface area contributed by atoms with Crippen molar-refractivity contribution < 1.29 is 33.4 Å². The van der Waals surface area contributed by atoms with Crippen LogP contribution >= 0.6 is 0 Å². The van der Waals surface area contributed by atoms with Crippen molar-refractivity contribution in [3.63, 3.8) is 0 Å². The molecule has 9 nitrogen and oxygen atoms in total. The average Bonchev–Trinajstić information content (AvgIpc) is 3.30. The number of esters is 1. The van der Waals surface area contributed by atoms with E-state index in [9.17, 15) is 19.2 Å². The highest BCUT2D eigenvalue weighted by Crippen LogP contribution is 2.38. The summed E-state index contributed by atoms with van der Waals surface area (Å²) >= 11 is 0. The van der Waals surface area contributed by atoms with E-state index in [-0.39, 0.29) is 37.0 Å². The molecule has 2 heterocycles. The Balaban J connectivity index is 1.26. The van der Waals surface area contributed by atoms with Crippen LogP contribution in [-0.4, -0.2) is 48.0 Å². The van der Waals surface area contributed by atoms with E-state index in [0.29, 0.717) is 24.3 Å². The van der Waals surface area contributed by atoms with Crippen molar-refractivity contribution in [2.45, 2.75) is 45.3 Å². The maximum atomic E-state index is 12.4. The number of carbonyl (C=O) groups is 4. The quantitative estimate of drug-likeness (QED) is 0.547. The number of benzene rings is 1. The molecule has 0 radical (unpaired) electrons. The van der Waals surface area contributed by atoms with Crippen molar-refractivity contribution in [1.82, 2.24) is 10.2 Å². The number of fused-ring (bicyclic) bond motifs is 2. The van der Waals surface area contributed by atoms with Crippen LogP contribution in [0.2, 0.25) is 0 Å². The molecule has 2 aliphatic heterocycles. The van der Waals surface area contributed by atoms with Crippen molar-refractivity contribution >= 4 is 23.7 Å². The third-order valence-electron chi connectivity index (χ3n) is 5.80. The lowest BCUT2D eigenvalue weighted by Gasteiger charge is -2.19. The number of imide groups is 1. The van der Waals surface area contributed by atoms with Gasteiger partial charge in [0.15, 0.2) is 17.6 Å². The molecule has 1 aromatic rings. The van der Waals surface area contributed by atoms with Gasteiger partial charge in [0.25, 0.3) is 5.91 Å². The minimum atomic E-state index is -1.05. The SMILES string of the molecule is C[C@H](OC(=O)CN1C(=O)[C@H]2CCCC[C@@H]2C1=O)C(=O)NCc1ccc2c(c1)OCO2. The number of hydrogen-bond donors (Lipinski definition) is 1. The maximum Gasteiger partial charge on any atom is 0.326 e. The second-order valence-corrected chi connectivity index (χ2v) is 7.80. The van der Waals surface area contributed by atoms with Crippen molar-refractivity contribution in [2.24, 2.45) is 11.8 Å². The van der Waals surface area contributed by atoms with Gasteiger partial charge in [-0.1, -0.05) is 18.9 Å². The van der Waals surface area contributed by atoms with Gasteiger partial charge < -0.3 is 19.5 Å². The van der Waals surface area contributed by atoms with E-state index < -0.39 is 24.5 Å². The van der Waals surface area contributed by atoms with Crippen LogP contribution in [0.15, 0.2) is 18.2 Å². The maximum absolute atomic E-state index is 12.4. The van der Waals surface area contributed by atoms with Crippen LogP contribution in [0.5, 0.6) is 11.5 Å². The average molecular weight is 416 g/mol. The zero-order valence-corrected chi connectivity index (χ0v) is 16.7. The lowest BCUT2D eigenvalue weighted by Crippen LogP contribution is -2.40. The van der Waals surface area contributed by atoms with Crippen LogP contribution in [0.25, 0.3) is 0 Å². The van der Waals surface area contributed by atoms with Crippen LogP contribution in [0.3, 0.4) is 0 Å². The molecule has 2 fully saturated rings. The molecule has 3 amide bonds. The molecule has 0 spiro atoms. The van der Waals surface area contributed by atoms with Gasteiger partial charge in [-0.25, -0.2) is 0 Å². The summed E-state index contributed by atoms with van der Waals surface area (Å²) in [6, 6.07) is 5.33. The van der Waals surface area contributed by atoms with E-state index in [4.69, 9.17) is 14.2 Å². The fourth-order valence-corrected chi connectivity index (χ4v) is 4.19. The summed E-state index contributed by atoms with van der Waals surface area (Å²) in [4.78, 5) is 50.4. The fraction of sp³-hybridized carbons (Fsp3) is 0.524. The first-order valence-electron chi connectivity index (χ1n) is 10.1. The van der Waals surface area contributed by atoms with Crippen LogP contribution in [0.1, 0.15) is 38.2 Å². The summed E-state index contributed by atoms with van der Waals surface area (Å²) in [6.45, 7) is 1.39. The zero-order chi connectivity index (χ0) is 21.3. The van der Waals surface area contributed by atoms with Crippen LogP contribution in [0, 0.1) is 11.8 Å². The summed E-state index contributed by atoms with van der Waals surface area (Å²) in [5.41, 5.74) is 0.807. The molecule has 1 saturated carbocycles. The number of rotatable bonds is 6. The topological polar surface area (TPSA) is 111 Å². The normalized spacial score (nSPS) is 23.2. The summed E-state index contributed by atoms with van der Waals surface area (Å²) in [5, 5.41) is 2.69. The van der Waals surface area contributed by atoms with Gasteiger partial charge in [-0.2, -0.15) is 0 Å². The van der Waals surface area contributed by atoms with Gasteiger partial charge in [-0.15, -0.1) is 0 Å². The predicted molar refractivity (Wildman–Crippen MR) is 102 cm³/mol. The number of amides is 3. The molecule has 0 unspecified atom stereocenters. The van der Waals surface area contributed by atoms with Crippen LogP contribution in [0.4, 0.5) is 0 Å². The molecule has 30 heavy (non-hydrogen) atoms. The number of likely N-dealkylation sites (tertiary alicyclic amines) is 1. The van der Waals surface area contributed by atoms with E-state index in [1.54, 1.807) is 18.2 Å². The Morgan fingerprint density at radius 3 is 2.50 bits per heavy atom. The van der Waals surface area contributed by atoms with Gasteiger partial charge >= 0.3 is 5.97 Å². The Kier molecular flexibility index (Phi) is 5.61. The van der Waals surface area contributed by atoms with Crippen molar-refractivity contribution in [1.29, 1.82) is 0 Å². The van der Waals surface area contributed by atoms with E-state index in [1.807, 2.05) is 0 Å². The number of nitrogens with zero attached hydrogens (tertiary/aromatic N) is 1. The van der Waals surface area contributed by atoms with Gasteiger partial charge in [0.05, 0.1) is 11.8 Å². The molecule has 160 valence electrons. The summed E-state index contributed by atoms with van der Waals surface area (Å²) in [6.07, 6.45) is 2.14. The van der Waals surface area contributed by atoms with Gasteiger partial charge in [-0.05, 0) is 37.5 Å². The third-order valence-corrected chi connectivity index (χ3v) is 5.80. The van der Waals surface area contributed by atoms with Crippen LogP contribution in [-0.2, 0) is 30.5 Å². The largest absolute Gasteiger partial charge is 0.454 e. The summed E-state index contributed by atoms with van der Waals surface area (Å²) < 4.78 is 15.7. The highest BCUT2D eigenvalue weighted by Gasteiger charge is 2.48. The highest BCUT2D eigenvalue weighted by atomic mass is 16.7. The van der Waals surface area contributed by atoms with E-state index >= 15 is 0 Å². The monoisotopic (exact) mass is 416 g/mol. The molecule has 0 aromatic heterocycles.